The second-order valence-corrected chi connectivity index (χ2v) is 8.01. The molecule has 0 spiro atoms. The van der Waals surface area contributed by atoms with Gasteiger partial charge in [0.1, 0.15) is 12.6 Å². The van der Waals surface area contributed by atoms with E-state index in [0.717, 1.165) is 12.0 Å². The molecule has 1 amide bonds. The Kier molecular flexibility index (Phi) is 11.3. The van der Waals surface area contributed by atoms with Crippen molar-refractivity contribution in [1.29, 1.82) is 0 Å². The summed E-state index contributed by atoms with van der Waals surface area (Å²) in [6.07, 6.45) is 0.984. The van der Waals surface area contributed by atoms with Crippen molar-refractivity contribution >= 4 is 22.2 Å². The molecular formula is C21H28N2O7S. The van der Waals surface area contributed by atoms with E-state index in [1.807, 2.05) is 30.3 Å². The van der Waals surface area contributed by atoms with Crippen molar-refractivity contribution in [3.8, 4) is 0 Å². The molecule has 0 aliphatic heterocycles. The maximum absolute atomic E-state index is 11.5. The number of hydrogen-bond acceptors (Lipinski definition) is 6. The van der Waals surface area contributed by atoms with Gasteiger partial charge in [-0.3, -0.25) is 4.55 Å². The number of aryl methyl sites for hydroxylation is 1. The quantitative estimate of drug-likeness (QED) is 0.334. The van der Waals surface area contributed by atoms with Crippen molar-refractivity contribution in [3.63, 3.8) is 0 Å². The van der Waals surface area contributed by atoms with Crippen LogP contribution in [0.3, 0.4) is 0 Å². The van der Waals surface area contributed by atoms with Gasteiger partial charge in [-0.25, -0.2) is 9.59 Å². The maximum atomic E-state index is 11.5. The summed E-state index contributed by atoms with van der Waals surface area (Å²) in [5, 5.41) is 11.3. The van der Waals surface area contributed by atoms with Crippen LogP contribution in [0.25, 0.3) is 0 Å². The van der Waals surface area contributed by atoms with Crippen molar-refractivity contribution in [1.82, 2.24) is 5.32 Å². The highest BCUT2D eigenvalue weighted by Crippen LogP contribution is 2.12. The number of carbonyl (C=O) groups is 2. The number of hydrogen-bond donors (Lipinski definition) is 4. The number of rotatable bonds is 9. The highest BCUT2D eigenvalue weighted by atomic mass is 32.2. The van der Waals surface area contributed by atoms with Crippen LogP contribution in [-0.2, 0) is 26.3 Å². The van der Waals surface area contributed by atoms with Gasteiger partial charge in [-0.1, -0.05) is 48.5 Å². The molecule has 31 heavy (non-hydrogen) atoms. The molecule has 2 rings (SSSR count). The number of nitrogens with one attached hydrogen (secondary N) is 1. The van der Waals surface area contributed by atoms with Gasteiger partial charge in [-0.15, -0.1) is 0 Å². The summed E-state index contributed by atoms with van der Waals surface area (Å²) in [5.41, 5.74) is 6.74. The number of ether oxygens (including phenoxy) is 1. The number of unbranched alkanes of at least 4 members (excludes halogenated alkanes) is 1. The SMILES string of the molecule is Cc1ccccc1S(=O)(=O)O.NCCCC[C@@H](NC(=O)OCc1ccccc1)C(=O)O. The summed E-state index contributed by atoms with van der Waals surface area (Å²) >= 11 is 0. The third-order valence-corrected chi connectivity index (χ3v) is 5.14. The molecule has 10 heteroatoms. The smallest absolute Gasteiger partial charge is 0.408 e. The zero-order valence-corrected chi connectivity index (χ0v) is 18.0. The molecule has 0 radical (unpaired) electrons. The van der Waals surface area contributed by atoms with Crippen molar-refractivity contribution in [2.24, 2.45) is 5.73 Å². The number of aliphatic carboxylic acids is 1. The lowest BCUT2D eigenvalue weighted by molar-refractivity contribution is -0.139. The van der Waals surface area contributed by atoms with Crippen LogP contribution in [0.1, 0.15) is 30.4 Å². The van der Waals surface area contributed by atoms with E-state index in [1.165, 1.54) is 6.07 Å². The Bertz CT molecular complexity index is 934. The van der Waals surface area contributed by atoms with Crippen LogP contribution in [0.2, 0.25) is 0 Å². The number of carboxylic acid groups (broad SMARTS) is 1. The molecule has 0 aromatic heterocycles. The molecule has 0 aliphatic carbocycles. The molecule has 0 bridgehead atoms. The van der Waals surface area contributed by atoms with Crippen LogP contribution in [-0.4, -0.2) is 42.7 Å². The van der Waals surface area contributed by atoms with Gasteiger partial charge in [-0.2, -0.15) is 8.42 Å². The fourth-order valence-electron chi connectivity index (χ4n) is 2.50. The van der Waals surface area contributed by atoms with Crippen LogP contribution in [0.4, 0.5) is 4.79 Å². The van der Waals surface area contributed by atoms with Crippen molar-refractivity contribution in [2.45, 2.75) is 43.7 Å². The van der Waals surface area contributed by atoms with Crippen molar-refractivity contribution < 1.29 is 32.4 Å². The second-order valence-electron chi connectivity index (χ2n) is 6.62. The summed E-state index contributed by atoms with van der Waals surface area (Å²) in [5.74, 6) is -1.07. The lowest BCUT2D eigenvalue weighted by atomic mass is 10.1. The first-order valence-electron chi connectivity index (χ1n) is 9.58. The average Bonchev–Trinajstić information content (AvgIpc) is 2.72. The van der Waals surface area contributed by atoms with Crippen LogP contribution >= 0.6 is 0 Å². The van der Waals surface area contributed by atoms with Gasteiger partial charge in [0.05, 0.1) is 4.90 Å². The molecule has 9 nitrogen and oxygen atoms in total. The minimum atomic E-state index is -4.03. The fraction of sp³-hybridized carbons (Fsp3) is 0.333. The van der Waals surface area contributed by atoms with E-state index in [1.54, 1.807) is 25.1 Å². The molecular weight excluding hydrogens is 424 g/mol. The number of carbonyl (C=O) groups excluding carboxylic acids is 1. The molecule has 1 atom stereocenters. The Labute approximate surface area is 182 Å². The highest BCUT2D eigenvalue weighted by molar-refractivity contribution is 7.85. The van der Waals surface area contributed by atoms with Gasteiger partial charge in [0.25, 0.3) is 10.1 Å². The summed E-state index contributed by atoms with van der Waals surface area (Å²) in [6, 6.07) is 14.5. The first-order valence-corrected chi connectivity index (χ1v) is 11.0. The molecule has 0 saturated carbocycles. The summed E-state index contributed by atoms with van der Waals surface area (Å²) in [6.45, 7) is 2.25. The predicted molar refractivity (Wildman–Crippen MR) is 115 cm³/mol. The predicted octanol–water partition coefficient (Wildman–Crippen LogP) is 2.74. The van der Waals surface area contributed by atoms with Crippen LogP contribution in [0, 0.1) is 6.92 Å². The normalized spacial score (nSPS) is 11.6. The number of amides is 1. The Balaban J connectivity index is 0.000000367. The standard InChI is InChI=1S/C14H20N2O4.C7H8O3S/c15-9-5-4-8-12(13(17)18)16-14(19)20-10-11-6-2-1-3-7-11;1-6-4-2-3-5-7(6)11(8,9)10/h1-3,6-7,12H,4-5,8-10,15H2,(H,16,19)(H,17,18);2-5H,1H3,(H,8,9,10)/t12-;/m1./s1. The molecule has 2 aromatic rings. The minimum Gasteiger partial charge on any atom is -0.480 e. The van der Waals surface area contributed by atoms with Gasteiger partial charge >= 0.3 is 12.1 Å². The molecule has 0 heterocycles. The molecule has 0 unspecified atom stereocenters. The average molecular weight is 453 g/mol. The molecule has 170 valence electrons. The van der Waals surface area contributed by atoms with E-state index in [9.17, 15) is 18.0 Å². The van der Waals surface area contributed by atoms with Gasteiger partial charge in [-0.05, 0) is 49.9 Å². The molecule has 0 aliphatic rings. The van der Waals surface area contributed by atoms with Crippen LogP contribution < -0.4 is 11.1 Å². The first kappa shape index (κ1) is 26.1. The monoisotopic (exact) mass is 452 g/mol. The van der Waals surface area contributed by atoms with E-state index in [-0.39, 0.29) is 11.5 Å². The van der Waals surface area contributed by atoms with E-state index in [2.05, 4.69) is 5.32 Å². The third kappa shape index (κ3) is 10.6. The van der Waals surface area contributed by atoms with E-state index < -0.39 is 28.2 Å². The maximum Gasteiger partial charge on any atom is 0.408 e. The van der Waals surface area contributed by atoms with E-state index in [4.69, 9.17) is 20.1 Å². The Hall–Kier alpha value is -2.95. The summed E-state index contributed by atoms with van der Waals surface area (Å²) < 4.78 is 34.8. The zero-order valence-electron chi connectivity index (χ0n) is 17.2. The fourth-order valence-corrected chi connectivity index (χ4v) is 3.23. The summed E-state index contributed by atoms with van der Waals surface area (Å²) in [4.78, 5) is 22.5. The second kappa shape index (κ2) is 13.4. The largest absolute Gasteiger partial charge is 0.480 e. The molecule has 0 saturated heterocycles. The lowest BCUT2D eigenvalue weighted by Crippen LogP contribution is -2.41. The molecule has 5 N–H and O–H groups in total. The number of carboxylic acids is 1. The number of alkyl carbamates (subject to hydrolysis) is 1. The van der Waals surface area contributed by atoms with Crippen LogP contribution in [0.5, 0.6) is 0 Å². The van der Waals surface area contributed by atoms with Gasteiger partial charge < -0.3 is 20.9 Å². The molecule has 0 fully saturated rings. The summed E-state index contributed by atoms with van der Waals surface area (Å²) in [7, 11) is -4.03. The Morgan fingerprint density at radius 3 is 2.19 bits per heavy atom. The number of nitrogens with two attached hydrogens (primary N) is 1. The minimum absolute atomic E-state index is 0.0278. The number of benzene rings is 2. The zero-order chi connectivity index (χ0) is 23.3. The topological polar surface area (TPSA) is 156 Å². The van der Waals surface area contributed by atoms with Crippen LogP contribution in [0.15, 0.2) is 59.5 Å². The van der Waals surface area contributed by atoms with Gasteiger partial charge in [0, 0.05) is 0 Å². The van der Waals surface area contributed by atoms with E-state index in [0.29, 0.717) is 24.9 Å². The third-order valence-electron chi connectivity index (χ3n) is 4.12. The van der Waals surface area contributed by atoms with E-state index >= 15 is 0 Å². The Morgan fingerprint density at radius 2 is 1.68 bits per heavy atom. The van der Waals surface area contributed by atoms with Gasteiger partial charge in [0.2, 0.25) is 0 Å². The van der Waals surface area contributed by atoms with Gasteiger partial charge in [0.15, 0.2) is 0 Å². The highest BCUT2D eigenvalue weighted by Gasteiger charge is 2.20. The Morgan fingerprint density at radius 1 is 1.06 bits per heavy atom. The molecule has 2 aromatic carbocycles. The van der Waals surface area contributed by atoms with Crippen molar-refractivity contribution in [2.75, 3.05) is 6.54 Å². The first-order chi connectivity index (χ1) is 14.6. The van der Waals surface area contributed by atoms with Crippen molar-refractivity contribution in [3.05, 3.63) is 65.7 Å². The lowest BCUT2D eigenvalue weighted by Gasteiger charge is -2.14.